The average Bonchev–Trinajstić information content (AvgIpc) is 2.87. The fourth-order valence-corrected chi connectivity index (χ4v) is 2.51. The van der Waals surface area contributed by atoms with Crippen LogP contribution in [0.2, 0.25) is 0 Å². The molecule has 0 aliphatic carbocycles. The maximum atomic E-state index is 5.63. The van der Waals surface area contributed by atoms with Crippen LogP contribution in [0.4, 0.5) is 0 Å². The fourth-order valence-electron chi connectivity index (χ4n) is 1.68. The van der Waals surface area contributed by atoms with Crippen molar-refractivity contribution in [2.75, 3.05) is 12.3 Å². The molecule has 0 saturated carbocycles. The Morgan fingerprint density at radius 1 is 1.06 bits per heavy atom. The Hall–Kier alpha value is -1.19. The molecule has 3 heteroatoms. The minimum absolute atomic E-state index is 0.815. The molecule has 1 N–H and O–H groups in total. The molecule has 0 aliphatic rings. The van der Waals surface area contributed by atoms with E-state index in [4.69, 9.17) is 4.42 Å². The number of aryl methyl sites for hydroxylation is 1. The van der Waals surface area contributed by atoms with Crippen LogP contribution in [0.15, 0.2) is 51.8 Å². The Balaban J connectivity index is 1.61. The van der Waals surface area contributed by atoms with Crippen LogP contribution in [0, 0.1) is 0 Å². The zero-order chi connectivity index (χ0) is 12.6. The first-order valence-electron chi connectivity index (χ1n) is 6.34. The van der Waals surface area contributed by atoms with E-state index in [0.717, 1.165) is 36.8 Å². The second kappa shape index (κ2) is 7.29. The predicted molar refractivity (Wildman–Crippen MR) is 77.0 cm³/mol. The Morgan fingerprint density at radius 2 is 1.83 bits per heavy atom. The van der Waals surface area contributed by atoms with E-state index in [0.29, 0.717) is 0 Å². The number of hydrogen-bond acceptors (Lipinski definition) is 3. The van der Waals surface area contributed by atoms with E-state index in [2.05, 4.69) is 48.6 Å². The molecule has 0 saturated heterocycles. The normalized spacial score (nSPS) is 10.7. The molecule has 1 heterocycles. The van der Waals surface area contributed by atoms with Crippen molar-refractivity contribution < 1.29 is 4.42 Å². The third kappa shape index (κ3) is 4.24. The molecule has 1 aromatic heterocycles. The third-order valence-corrected chi connectivity index (χ3v) is 3.67. The number of rotatable bonds is 7. The van der Waals surface area contributed by atoms with Crippen molar-refractivity contribution in [3.8, 4) is 0 Å². The molecule has 0 bridgehead atoms. The first-order valence-corrected chi connectivity index (χ1v) is 7.33. The van der Waals surface area contributed by atoms with Crippen molar-refractivity contribution in [3.63, 3.8) is 0 Å². The van der Waals surface area contributed by atoms with Gasteiger partial charge in [0, 0.05) is 23.6 Å². The fraction of sp³-hybridized carbons (Fsp3) is 0.333. The molecule has 0 amide bonds. The van der Waals surface area contributed by atoms with Crippen molar-refractivity contribution in [2.24, 2.45) is 0 Å². The van der Waals surface area contributed by atoms with Gasteiger partial charge in [0.2, 0.25) is 0 Å². The quantitative estimate of drug-likeness (QED) is 0.607. The standard InChI is InChI=1S/C15H19NOS/c1-2-13-8-9-14(17-13)12-16-10-11-18-15-6-4-3-5-7-15/h3-9,16H,2,10-12H2,1H3. The molecule has 0 aliphatic heterocycles. The molecule has 18 heavy (non-hydrogen) atoms. The van der Waals surface area contributed by atoms with E-state index in [-0.39, 0.29) is 0 Å². The van der Waals surface area contributed by atoms with Crippen molar-refractivity contribution in [1.82, 2.24) is 5.32 Å². The molecule has 2 aromatic rings. The van der Waals surface area contributed by atoms with Crippen molar-refractivity contribution >= 4 is 11.8 Å². The summed E-state index contributed by atoms with van der Waals surface area (Å²) in [7, 11) is 0. The van der Waals surface area contributed by atoms with Gasteiger partial charge in [-0.1, -0.05) is 25.1 Å². The first-order chi connectivity index (χ1) is 8.88. The van der Waals surface area contributed by atoms with Crippen LogP contribution in [0.25, 0.3) is 0 Å². The summed E-state index contributed by atoms with van der Waals surface area (Å²) in [6, 6.07) is 14.6. The number of benzene rings is 1. The van der Waals surface area contributed by atoms with Gasteiger partial charge in [-0.3, -0.25) is 0 Å². The Kier molecular flexibility index (Phi) is 5.36. The van der Waals surface area contributed by atoms with Gasteiger partial charge in [-0.05, 0) is 24.3 Å². The van der Waals surface area contributed by atoms with Gasteiger partial charge in [0.15, 0.2) is 0 Å². The lowest BCUT2D eigenvalue weighted by atomic mass is 10.3. The topological polar surface area (TPSA) is 25.2 Å². The van der Waals surface area contributed by atoms with Crippen LogP contribution < -0.4 is 5.32 Å². The molecule has 96 valence electrons. The molecular formula is C15H19NOS. The summed E-state index contributed by atoms with van der Waals surface area (Å²) in [6.45, 7) is 3.91. The van der Waals surface area contributed by atoms with Gasteiger partial charge in [0.05, 0.1) is 6.54 Å². The molecule has 0 spiro atoms. The van der Waals surface area contributed by atoms with Gasteiger partial charge in [-0.25, -0.2) is 0 Å². The highest BCUT2D eigenvalue weighted by atomic mass is 32.2. The zero-order valence-corrected chi connectivity index (χ0v) is 11.5. The third-order valence-electron chi connectivity index (χ3n) is 2.66. The van der Waals surface area contributed by atoms with Crippen molar-refractivity contribution in [3.05, 3.63) is 54.0 Å². The maximum absolute atomic E-state index is 5.63. The van der Waals surface area contributed by atoms with Gasteiger partial charge < -0.3 is 9.73 Å². The van der Waals surface area contributed by atoms with E-state index in [1.165, 1.54) is 4.90 Å². The summed E-state index contributed by atoms with van der Waals surface area (Å²) in [5.41, 5.74) is 0. The average molecular weight is 261 g/mol. The van der Waals surface area contributed by atoms with Crippen molar-refractivity contribution in [1.29, 1.82) is 0 Å². The van der Waals surface area contributed by atoms with Gasteiger partial charge in [-0.15, -0.1) is 11.8 Å². The lowest BCUT2D eigenvalue weighted by Gasteiger charge is -2.03. The van der Waals surface area contributed by atoms with Gasteiger partial charge in [-0.2, -0.15) is 0 Å². The van der Waals surface area contributed by atoms with E-state index < -0.39 is 0 Å². The predicted octanol–water partition coefficient (Wildman–Crippen LogP) is 3.72. The summed E-state index contributed by atoms with van der Waals surface area (Å²) < 4.78 is 5.63. The van der Waals surface area contributed by atoms with Crippen LogP contribution in [0.1, 0.15) is 18.4 Å². The molecular weight excluding hydrogens is 242 g/mol. The lowest BCUT2D eigenvalue weighted by molar-refractivity contribution is 0.454. The van der Waals surface area contributed by atoms with E-state index in [1.54, 1.807) is 0 Å². The van der Waals surface area contributed by atoms with Crippen LogP contribution in [-0.2, 0) is 13.0 Å². The van der Waals surface area contributed by atoms with Crippen LogP contribution in [0.5, 0.6) is 0 Å². The SMILES string of the molecule is CCc1ccc(CNCCSc2ccccc2)o1. The molecule has 0 atom stereocenters. The van der Waals surface area contributed by atoms with Crippen LogP contribution in [-0.4, -0.2) is 12.3 Å². The molecule has 0 fully saturated rings. The largest absolute Gasteiger partial charge is 0.465 e. The highest BCUT2D eigenvalue weighted by Gasteiger charge is 1.99. The van der Waals surface area contributed by atoms with Gasteiger partial charge in [0.25, 0.3) is 0 Å². The number of hydrogen-bond donors (Lipinski definition) is 1. The molecule has 2 nitrogen and oxygen atoms in total. The lowest BCUT2D eigenvalue weighted by Crippen LogP contribution is -2.16. The van der Waals surface area contributed by atoms with Gasteiger partial charge in [0.1, 0.15) is 11.5 Å². The van der Waals surface area contributed by atoms with E-state index >= 15 is 0 Å². The summed E-state index contributed by atoms with van der Waals surface area (Å²) in [6.07, 6.45) is 0.962. The minimum atomic E-state index is 0.815. The monoisotopic (exact) mass is 261 g/mol. The first kappa shape index (κ1) is 13.2. The smallest absolute Gasteiger partial charge is 0.117 e. The van der Waals surface area contributed by atoms with Gasteiger partial charge >= 0.3 is 0 Å². The molecule has 0 unspecified atom stereocenters. The molecule has 0 radical (unpaired) electrons. The maximum Gasteiger partial charge on any atom is 0.117 e. The van der Waals surface area contributed by atoms with Crippen LogP contribution >= 0.6 is 11.8 Å². The second-order valence-electron chi connectivity index (χ2n) is 4.06. The zero-order valence-electron chi connectivity index (χ0n) is 10.7. The highest BCUT2D eigenvalue weighted by Crippen LogP contribution is 2.15. The summed E-state index contributed by atoms with van der Waals surface area (Å²) >= 11 is 1.87. The number of thioether (sulfide) groups is 1. The molecule has 2 rings (SSSR count). The minimum Gasteiger partial charge on any atom is -0.465 e. The number of furan rings is 1. The Morgan fingerprint density at radius 3 is 2.56 bits per heavy atom. The molecule has 1 aromatic carbocycles. The number of nitrogens with one attached hydrogen (secondary N) is 1. The summed E-state index contributed by atoms with van der Waals surface area (Å²) in [5, 5.41) is 3.39. The summed E-state index contributed by atoms with van der Waals surface area (Å²) in [4.78, 5) is 1.32. The van der Waals surface area contributed by atoms with Crippen molar-refractivity contribution in [2.45, 2.75) is 24.8 Å². The van der Waals surface area contributed by atoms with E-state index in [1.807, 2.05) is 17.8 Å². The second-order valence-corrected chi connectivity index (χ2v) is 5.23. The summed E-state index contributed by atoms with van der Waals surface area (Å²) in [5.74, 6) is 3.16. The Bertz CT molecular complexity index is 453. The van der Waals surface area contributed by atoms with Crippen LogP contribution in [0.3, 0.4) is 0 Å². The highest BCUT2D eigenvalue weighted by molar-refractivity contribution is 7.99. The van der Waals surface area contributed by atoms with E-state index in [9.17, 15) is 0 Å². The Labute approximate surface area is 113 Å².